The number of carbonyl (C=O) groups excluding carboxylic acids is 1. The predicted molar refractivity (Wildman–Crippen MR) is 162 cm³/mol. The molecule has 0 fully saturated rings. The minimum absolute atomic E-state index is 0.0701. The van der Waals surface area contributed by atoms with Crippen molar-refractivity contribution < 1.29 is 26.9 Å². The van der Waals surface area contributed by atoms with E-state index in [0.717, 1.165) is 21.3 Å². The molecule has 11 nitrogen and oxygen atoms in total. The second-order valence-corrected chi connectivity index (χ2v) is 11.7. The third kappa shape index (κ3) is 6.36. The Kier molecular flexibility index (Phi) is 8.46. The molecule has 1 unspecified atom stereocenters. The number of aromatic nitrogens is 5. The number of carbonyl (C=O) groups is 1. The van der Waals surface area contributed by atoms with Crippen LogP contribution in [0.15, 0.2) is 76.2 Å². The number of imidazole rings is 1. The number of oxazole rings is 1. The second kappa shape index (κ2) is 12.2. The summed E-state index contributed by atoms with van der Waals surface area (Å²) in [5.74, 6) is 0.872. The Balaban J connectivity index is 1.65. The van der Waals surface area contributed by atoms with E-state index in [1.165, 1.54) is 23.0 Å². The molecule has 5 rings (SSSR count). The number of halogens is 3. The lowest BCUT2D eigenvalue weighted by atomic mass is 10.1. The van der Waals surface area contributed by atoms with E-state index in [1.807, 2.05) is 34.1 Å². The average Bonchev–Trinajstić information content (AvgIpc) is 3.72. The highest BCUT2D eigenvalue weighted by Crippen LogP contribution is 2.32. The van der Waals surface area contributed by atoms with Crippen molar-refractivity contribution in [1.82, 2.24) is 29.2 Å². The van der Waals surface area contributed by atoms with Crippen LogP contribution in [0.5, 0.6) is 0 Å². The molecule has 238 valence electrons. The molecule has 3 heterocycles. The van der Waals surface area contributed by atoms with Gasteiger partial charge in [0.05, 0.1) is 73.5 Å². The Morgan fingerprint density at radius 1 is 1.11 bits per heavy atom. The monoisotopic (exact) mass is 633 g/mol. The Labute approximate surface area is 262 Å². The van der Waals surface area contributed by atoms with E-state index in [1.54, 1.807) is 43.5 Å². The van der Waals surface area contributed by atoms with Crippen molar-refractivity contribution in [1.29, 1.82) is 5.26 Å². The van der Waals surface area contributed by atoms with Crippen LogP contribution in [0.3, 0.4) is 0 Å². The smallest absolute Gasteiger partial charge is 0.416 e. The van der Waals surface area contributed by atoms with Gasteiger partial charge in [0.1, 0.15) is 18.3 Å². The number of rotatable bonds is 8. The molecule has 0 saturated heterocycles. The quantitative estimate of drug-likeness (QED) is 0.222. The van der Waals surface area contributed by atoms with Crippen LogP contribution in [-0.2, 0) is 12.7 Å². The Bertz CT molecular complexity index is 1990. The van der Waals surface area contributed by atoms with Crippen LogP contribution in [-0.4, -0.2) is 55.6 Å². The number of benzene rings is 2. The first-order chi connectivity index (χ1) is 21.7. The first kappa shape index (κ1) is 32.0. The Morgan fingerprint density at radius 2 is 1.83 bits per heavy atom. The Morgan fingerprint density at radius 3 is 2.46 bits per heavy atom. The standard InChI is InChI=1S/C32H31F3N8O3/c1-6-26(29-37-18-25(46-29)19-43(3,4)5)39-30(44)41-28(27-14-15-38-42(27)23-12-10-21(17-36)11-13-23)20(2)40(31(41)45)24-9-7-8-22(16-24)32(33,34)35/h7-16,18,26H,6,19H2,1-5H3/p+1. The molecule has 1 N–H and O–H groups in total. The normalized spacial score (nSPS) is 12.6. The number of hydrogen-bond acceptors (Lipinski definition) is 6. The number of nitriles is 1. The fourth-order valence-electron chi connectivity index (χ4n) is 5.16. The van der Waals surface area contributed by atoms with Gasteiger partial charge in [-0.3, -0.25) is 4.57 Å². The van der Waals surface area contributed by atoms with Crippen LogP contribution in [0.2, 0.25) is 0 Å². The zero-order valence-corrected chi connectivity index (χ0v) is 25.8. The van der Waals surface area contributed by atoms with Gasteiger partial charge in [0.25, 0.3) is 0 Å². The molecule has 14 heteroatoms. The van der Waals surface area contributed by atoms with Gasteiger partial charge in [0, 0.05) is 0 Å². The molecule has 0 spiro atoms. The SMILES string of the molecule is CCC(NC(=O)n1c(-c2ccnn2-c2ccc(C#N)cc2)c(C)n(-c2cccc(C(F)(F)F)c2)c1=O)c1ncc(C[N+](C)(C)C)o1. The van der Waals surface area contributed by atoms with Gasteiger partial charge in [-0.1, -0.05) is 13.0 Å². The van der Waals surface area contributed by atoms with Gasteiger partial charge in [-0.15, -0.1) is 0 Å². The largest absolute Gasteiger partial charge is 0.437 e. The van der Waals surface area contributed by atoms with Crippen LogP contribution >= 0.6 is 0 Å². The molecular weight excluding hydrogens is 601 g/mol. The number of quaternary nitrogens is 1. The Hall–Kier alpha value is -5.42. The van der Waals surface area contributed by atoms with Crippen LogP contribution in [0.1, 0.15) is 47.9 Å². The molecule has 0 radical (unpaired) electrons. The number of hydrogen-bond donors (Lipinski definition) is 1. The summed E-state index contributed by atoms with van der Waals surface area (Å²) in [6.45, 7) is 3.91. The zero-order chi connectivity index (χ0) is 33.4. The lowest BCUT2D eigenvalue weighted by Crippen LogP contribution is -2.39. The van der Waals surface area contributed by atoms with E-state index in [0.29, 0.717) is 40.2 Å². The van der Waals surface area contributed by atoms with Crippen molar-refractivity contribution in [3.05, 3.63) is 106 Å². The van der Waals surface area contributed by atoms with E-state index in [9.17, 15) is 28.0 Å². The maximum atomic E-state index is 14.1. The lowest BCUT2D eigenvalue weighted by Gasteiger charge is -2.22. The number of amides is 1. The molecule has 3 aromatic heterocycles. The van der Waals surface area contributed by atoms with Gasteiger partial charge >= 0.3 is 17.9 Å². The molecular formula is C32H32F3N8O3+. The van der Waals surface area contributed by atoms with Gasteiger partial charge in [-0.25, -0.2) is 23.8 Å². The lowest BCUT2D eigenvalue weighted by molar-refractivity contribution is -0.884. The molecule has 0 aliphatic rings. The summed E-state index contributed by atoms with van der Waals surface area (Å²) in [4.78, 5) is 32.5. The maximum Gasteiger partial charge on any atom is 0.416 e. The predicted octanol–water partition coefficient (Wildman–Crippen LogP) is 5.59. The van der Waals surface area contributed by atoms with E-state index >= 15 is 0 Å². The van der Waals surface area contributed by atoms with Crippen molar-refractivity contribution in [2.45, 2.75) is 39.0 Å². The summed E-state index contributed by atoms with van der Waals surface area (Å²) in [5.41, 5.74) is -0.335. The summed E-state index contributed by atoms with van der Waals surface area (Å²) < 4.78 is 50.9. The van der Waals surface area contributed by atoms with Gasteiger partial charge < -0.3 is 14.2 Å². The van der Waals surface area contributed by atoms with Crippen LogP contribution in [0.25, 0.3) is 22.8 Å². The highest BCUT2D eigenvalue weighted by Gasteiger charge is 2.32. The molecule has 1 atom stereocenters. The first-order valence-corrected chi connectivity index (χ1v) is 14.3. The van der Waals surface area contributed by atoms with Crippen molar-refractivity contribution >= 4 is 6.03 Å². The van der Waals surface area contributed by atoms with E-state index in [4.69, 9.17) is 4.42 Å². The molecule has 46 heavy (non-hydrogen) atoms. The topological polar surface area (TPSA) is 124 Å². The minimum Gasteiger partial charge on any atom is -0.437 e. The van der Waals surface area contributed by atoms with Gasteiger partial charge in [-0.05, 0) is 61.9 Å². The highest BCUT2D eigenvalue weighted by atomic mass is 19.4. The van der Waals surface area contributed by atoms with Crippen LogP contribution in [0, 0.1) is 18.3 Å². The number of nitrogens with zero attached hydrogens (tertiary/aromatic N) is 7. The van der Waals surface area contributed by atoms with Crippen LogP contribution < -0.4 is 11.0 Å². The maximum absolute atomic E-state index is 14.1. The molecule has 0 bridgehead atoms. The van der Waals surface area contributed by atoms with Crippen molar-refractivity contribution in [3.8, 4) is 28.8 Å². The van der Waals surface area contributed by atoms with Crippen LogP contribution in [0.4, 0.5) is 18.0 Å². The van der Waals surface area contributed by atoms with Crippen molar-refractivity contribution in [2.24, 2.45) is 0 Å². The number of nitrogens with one attached hydrogen (secondary N) is 1. The first-order valence-electron chi connectivity index (χ1n) is 14.3. The molecule has 5 aromatic rings. The fourth-order valence-corrected chi connectivity index (χ4v) is 5.16. The van der Waals surface area contributed by atoms with Gasteiger partial charge in [-0.2, -0.15) is 23.5 Å². The zero-order valence-electron chi connectivity index (χ0n) is 25.8. The number of alkyl halides is 3. The average molecular weight is 634 g/mol. The summed E-state index contributed by atoms with van der Waals surface area (Å²) in [6.07, 6.45) is -1.22. The third-order valence-electron chi connectivity index (χ3n) is 7.25. The molecule has 0 aliphatic heterocycles. The summed E-state index contributed by atoms with van der Waals surface area (Å²) >= 11 is 0. The second-order valence-electron chi connectivity index (χ2n) is 11.7. The third-order valence-corrected chi connectivity index (χ3v) is 7.25. The summed E-state index contributed by atoms with van der Waals surface area (Å²) in [6, 6.07) is 12.9. The summed E-state index contributed by atoms with van der Waals surface area (Å²) in [7, 11) is 5.99. The van der Waals surface area contributed by atoms with E-state index < -0.39 is 29.5 Å². The highest BCUT2D eigenvalue weighted by molar-refractivity contribution is 5.83. The van der Waals surface area contributed by atoms with Gasteiger partial charge in [0.15, 0.2) is 5.76 Å². The van der Waals surface area contributed by atoms with Crippen molar-refractivity contribution in [2.75, 3.05) is 21.1 Å². The molecule has 2 aromatic carbocycles. The van der Waals surface area contributed by atoms with E-state index in [2.05, 4.69) is 15.4 Å². The molecule has 0 aliphatic carbocycles. The molecule has 1 amide bonds. The summed E-state index contributed by atoms with van der Waals surface area (Å²) in [5, 5.41) is 16.4. The van der Waals surface area contributed by atoms with Crippen molar-refractivity contribution in [3.63, 3.8) is 0 Å². The molecule has 0 saturated carbocycles. The van der Waals surface area contributed by atoms with Gasteiger partial charge in [0.2, 0.25) is 5.89 Å². The fraction of sp³-hybridized carbons (Fsp3) is 0.281. The minimum atomic E-state index is -4.65. The van der Waals surface area contributed by atoms with E-state index in [-0.39, 0.29) is 23.0 Å².